The molecule has 4 nitrogen and oxygen atoms in total. The SMILES string of the molecule is CNC(=O)Oc1cccc(C2CCCN2CC2CC2)c1. The highest BCUT2D eigenvalue weighted by molar-refractivity contribution is 5.69. The van der Waals surface area contributed by atoms with Crippen molar-refractivity contribution in [3.8, 4) is 5.75 Å². The van der Waals surface area contributed by atoms with E-state index in [2.05, 4.69) is 16.3 Å². The largest absolute Gasteiger partial charge is 0.412 e. The fourth-order valence-corrected chi connectivity index (χ4v) is 3.00. The molecule has 1 aromatic carbocycles. The summed E-state index contributed by atoms with van der Waals surface area (Å²) >= 11 is 0. The minimum Gasteiger partial charge on any atom is -0.410 e. The molecule has 1 N–H and O–H groups in total. The average molecular weight is 274 g/mol. The molecule has 1 aromatic rings. The Labute approximate surface area is 120 Å². The van der Waals surface area contributed by atoms with Crippen LogP contribution in [0.4, 0.5) is 4.79 Å². The monoisotopic (exact) mass is 274 g/mol. The molecule has 1 aliphatic heterocycles. The first-order valence-corrected chi connectivity index (χ1v) is 7.50. The van der Waals surface area contributed by atoms with Crippen molar-refractivity contribution in [3.05, 3.63) is 29.8 Å². The summed E-state index contributed by atoms with van der Waals surface area (Å²) in [7, 11) is 1.57. The van der Waals surface area contributed by atoms with Crippen LogP contribution in [-0.2, 0) is 0 Å². The van der Waals surface area contributed by atoms with Gasteiger partial charge in [-0.25, -0.2) is 4.79 Å². The van der Waals surface area contributed by atoms with Crippen LogP contribution in [0, 0.1) is 5.92 Å². The number of hydrogen-bond acceptors (Lipinski definition) is 3. The maximum atomic E-state index is 11.3. The van der Waals surface area contributed by atoms with E-state index in [1.165, 1.54) is 44.3 Å². The number of nitrogens with zero attached hydrogens (tertiary/aromatic N) is 1. The number of hydrogen-bond donors (Lipinski definition) is 1. The third kappa shape index (κ3) is 3.12. The molecule has 0 radical (unpaired) electrons. The van der Waals surface area contributed by atoms with Crippen molar-refractivity contribution in [1.82, 2.24) is 10.2 Å². The fraction of sp³-hybridized carbons (Fsp3) is 0.562. The van der Waals surface area contributed by atoms with Crippen molar-refractivity contribution in [2.75, 3.05) is 20.1 Å². The summed E-state index contributed by atoms with van der Waals surface area (Å²) in [5, 5.41) is 2.47. The highest BCUT2D eigenvalue weighted by atomic mass is 16.5. The van der Waals surface area contributed by atoms with E-state index in [0.29, 0.717) is 11.8 Å². The zero-order chi connectivity index (χ0) is 13.9. The highest BCUT2D eigenvalue weighted by Crippen LogP contribution is 2.38. The summed E-state index contributed by atoms with van der Waals surface area (Å²) in [4.78, 5) is 13.9. The van der Waals surface area contributed by atoms with E-state index in [1.807, 2.05) is 18.2 Å². The van der Waals surface area contributed by atoms with Gasteiger partial charge in [-0.1, -0.05) is 12.1 Å². The molecule has 0 bridgehead atoms. The molecule has 1 heterocycles. The van der Waals surface area contributed by atoms with E-state index < -0.39 is 6.09 Å². The van der Waals surface area contributed by atoms with Crippen molar-refractivity contribution in [1.29, 1.82) is 0 Å². The molecule has 1 saturated carbocycles. The topological polar surface area (TPSA) is 41.6 Å². The number of carbonyl (C=O) groups excluding carboxylic acids is 1. The Kier molecular flexibility index (Phi) is 3.92. The number of nitrogens with one attached hydrogen (secondary N) is 1. The molecule has 1 amide bonds. The number of likely N-dealkylation sites (tertiary alicyclic amines) is 1. The number of amides is 1. The van der Waals surface area contributed by atoms with Crippen LogP contribution in [0.5, 0.6) is 5.75 Å². The van der Waals surface area contributed by atoms with Gasteiger partial charge in [0.25, 0.3) is 0 Å². The number of benzene rings is 1. The van der Waals surface area contributed by atoms with Gasteiger partial charge in [0.15, 0.2) is 0 Å². The molecule has 1 unspecified atom stereocenters. The lowest BCUT2D eigenvalue weighted by Gasteiger charge is -2.25. The first kappa shape index (κ1) is 13.4. The Morgan fingerprint density at radius 2 is 2.25 bits per heavy atom. The normalized spacial score (nSPS) is 22.8. The second kappa shape index (κ2) is 5.83. The second-order valence-corrected chi connectivity index (χ2v) is 5.81. The van der Waals surface area contributed by atoms with Crippen LogP contribution < -0.4 is 10.1 Å². The van der Waals surface area contributed by atoms with Gasteiger partial charge in [0.2, 0.25) is 0 Å². The van der Waals surface area contributed by atoms with Crippen LogP contribution >= 0.6 is 0 Å². The Balaban J connectivity index is 1.71. The van der Waals surface area contributed by atoms with Crippen molar-refractivity contribution in [3.63, 3.8) is 0 Å². The van der Waals surface area contributed by atoms with E-state index in [-0.39, 0.29) is 0 Å². The smallest absolute Gasteiger partial charge is 0.410 e. The Morgan fingerprint density at radius 3 is 3.00 bits per heavy atom. The van der Waals surface area contributed by atoms with E-state index in [4.69, 9.17) is 4.74 Å². The van der Waals surface area contributed by atoms with Gasteiger partial charge < -0.3 is 10.1 Å². The maximum Gasteiger partial charge on any atom is 0.412 e. The molecule has 2 fully saturated rings. The zero-order valence-corrected chi connectivity index (χ0v) is 12.0. The van der Waals surface area contributed by atoms with E-state index in [1.54, 1.807) is 7.05 Å². The summed E-state index contributed by atoms with van der Waals surface area (Å²) in [6, 6.07) is 8.45. The predicted octanol–water partition coefficient (Wildman–Crippen LogP) is 2.95. The molecule has 1 aliphatic carbocycles. The number of carbonyl (C=O) groups is 1. The van der Waals surface area contributed by atoms with Crippen molar-refractivity contribution >= 4 is 6.09 Å². The maximum absolute atomic E-state index is 11.3. The van der Waals surface area contributed by atoms with E-state index >= 15 is 0 Å². The standard InChI is InChI=1S/C16H22N2O2/c1-17-16(19)20-14-5-2-4-13(10-14)15-6-3-9-18(15)11-12-7-8-12/h2,4-5,10,12,15H,3,6-9,11H2,1H3,(H,17,19). The first-order valence-electron chi connectivity index (χ1n) is 7.50. The van der Waals surface area contributed by atoms with E-state index in [9.17, 15) is 4.79 Å². The Morgan fingerprint density at radius 1 is 1.40 bits per heavy atom. The molecule has 0 spiro atoms. The molecule has 0 aromatic heterocycles. The fourth-order valence-electron chi connectivity index (χ4n) is 3.00. The lowest BCUT2D eigenvalue weighted by atomic mass is 10.0. The Bertz CT molecular complexity index is 485. The average Bonchev–Trinajstić information content (AvgIpc) is 3.15. The lowest BCUT2D eigenvalue weighted by Crippen LogP contribution is -2.25. The van der Waals surface area contributed by atoms with Gasteiger partial charge in [0, 0.05) is 19.6 Å². The zero-order valence-electron chi connectivity index (χ0n) is 12.0. The third-order valence-electron chi connectivity index (χ3n) is 4.21. The molecular formula is C16H22N2O2. The van der Waals surface area contributed by atoms with Gasteiger partial charge in [0.05, 0.1) is 0 Å². The van der Waals surface area contributed by atoms with Gasteiger partial charge in [-0.05, 0) is 55.8 Å². The Hall–Kier alpha value is -1.55. The van der Waals surface area contributed by atoms with E-state index in [0.717, 1.165) is 5.92 Å². The molecule has 1 atom stereocenters. The van der Waals surface area contributed by atoms with Gasteiger partial charge in [-0.15, -0.1) is 0 Å². The predicted molar refractivity (Wildman–Crippen MR) is 77.8 cm³/mol. The lowest BCUT2D eigenvalue weighted by molar-refractivity contribution is 0.202. The summed E-state index contributed by atoms with van der Waals surface area (Å²) in [6.45, 7) is 2.42. The van der Waals surface area contributed by atoms with Crippen LogP contribution in [0.3, 0.4) is 0 Å². The van der Waals surface area contributed by atoms with Crippen LogP contribution in [0.1, 0.15) is 37.3 Å². The number of ether oxygens (including phenoxy) is 1. The molecule has 108 valence electrons. The molecule has 20 heavy (non-hydrogen) atoms. The van der Waals surface area contributed by atoms with Gasteiger partial charge >= 0.3 is 6.09 Å². The third-order valence-corrected chi connectivity index (χ3v) is 4.21. The van der Waals surface area contributed by atoms with Crippen LogP contribution in [0.2, 0.25) is 0 Å². The summed E-state index contributed by atoms with van der Waals surface area (Å²) in [6.07, 6.45) is 4.84. The second-order valence-electron chi connectivity index (χ2n) is 5.81. The molecule has 4 heteroatoms. The van der Waals surface area contributed by atoms with Crippen molar-refractivity contribution in [2.24, 2.45) is 5.92 Å². The minimum atomic E-state index is -0.414. The molecule has 3 rings (SSSR count). The van der Waals surface area contributed by atoms with Crippen molar-refractivity contribution in [2.45, 2.75) is 31.7 Å². The minimum absolute atomic E-state index is 0.414. The van der Waals surface area contributed by atoms with Gasteiger partial charge in [-0.3, -0.25) is 4.90 Å². The van der Waals surface area contributed by atoms with Gasteiger partial charge in [-0.2, -0.15) is 0 Å². The molecule has 1 saturated heterocycles. The van der Waals surface area contributed by atoms with Crippen LogP contribution in [0.15, 0.2) is 24.3 Å². The summed E-state index contributed by atoms with van der Waals surface area (Å²) in [5.41, 5.74) is 1.27. The summed E-state index contributed by atoms with van der Waals surface area (Å²) < 4.78 is 5.22. The summed E-state index contributed by atoms with van der Waals surface area (Å²) in [5.74, 6) is 1.54. The quantitative estimate of drug-likeness (QED) is 0.917. The van der Waals surface area contributed by atoms with Crippen LogP contribution in [0.25, 0.3) is 0 Å². The first-order chi connectivity index (χ1) is 9.76. The van der Waals surface area contributed by atoms with Gasteiger partial charge in [0.1, 0.15) is 5.75 Å². The number of rotatable bonds is 4. The van der Waals surface area contributed by atoms with Crippen LogP contribution in [-0.4, -0.2) is 31.1 Å². The van der Waals surface area contributed by atoms with Crippen molar-refractivity contribution < 1.29 is 9.53 Å². The molecular weight excluding hydrogens is 252 g/mol. The molecule has 2 aliphatic rings. The highest BCUT2D eigenvalue weighted by Gasteiger charge is 2.31.